The molecule has 0 aromatic rings. The molecule has 0 saturated heterocycles. The third kappa shape index (κ3) is 9.89. The van der Waals surface area contributed by atoms with Crippen LogP contribution in [0.3, 0.4) is 0 Å². The van der Waals surface area contributed by atoms with E-state index in [0.29, 0.717) is 6.54 Å². The van der Waals surface area contributed by atoms with E-state index in [0.717, 1.165) is 12.3 Å². The average molecular weight is 213 g/mol. The number of hydrogen-bond donors (Lipinski definition) is 0. The van der Waals surface area contributed by atoms with Crippen molar-refractivity contribution < 1.29 is 0 Å². The minimum Gasteiger partial charge on any atom is -0.151 e. The van der Waals surface area contributed by atoms with Crippen LogP contribution in [0.25, 0.3) is 0 Å². The summed E-state index contributed by atoms with van der Waals surface area (Å²) in [6.07, 6.45) is 11.6. The molecule has 0 aliphatic heterocycles. The smallest absolute Gasteiger partial charge is 0.0811 e. The lowest BCUT2D eigenvalue weighted by molar-refractivity contribution is 0.404. The molecule has 2 nitrogen and oxygen atoms in total. The summed E-state index contributed by atoms with van der Waals surface area (Å²) in [5.41, 5.74) is 0. The van der Waals surface area contributed by atoms with Gasteiger partial charge in [-0.1, -0.05) is 64.0 Å². The van der Waals surface area contributed by atoms with Crippen LogP contribution >= 0.6 is 0 Å². The predicted octanol–water partition coefficient (Wildman–Crippen LogP) is 4.92. The molecule has 1 unspecified atom stereocenters. The van der Waals surface area contributed by atoms with Crippen molar-refractivity contribution in [2.24, 2.45) is 11.1 Å². The predicted molar refractivity (Wildman–Crippen MR) is 67.1 cm³/mol. The van der Waals surface area contributed by atoms with Crippen molar-refractivity contribution in [1.29, 1.82) is 0 Å². The Morgan fingerprint density at radius 2 is 1.60 bits per heavy atom. The number of hydrogen-bond acceptors (Lipinski definition) is 2. The highest BCUT2D eigenvalue weighted by molar-refractivity contribution is 4.59. The van der Waals surface area contributed by atoms with Crippen LogP contribution in [0.5, 0.6) is 0 Å². The van der Waals surface area contributed by atoms with Crippen molar-refractivity contribution in [1.82, 2.24) is 0 Å². The largest absolute Gasteiger partial charge is 0.151 e. The van der Waals surface area contributed by atoms with Gasteiger partial charge < -0.3 is 0 Å². The van der Waals surface area contributed by atoms with Crippen LogP contribution in [-0.2, 0) is 0 Å². The Hall–Kier alpha value is -0.400. The van der Waals surface area contributed by atoms with Crippen LogP contribution in [-0.4, -0.2) is 6.54 Å². The average Bonchev–Trinajstić information content (AvgIpc) is 2.26. The zero-order valence-electron chi connectivity index (χ0n) is 10.5. The van der Waals surface area contributed by atoms with E-state index >= 15 is 0 Å². The molecular weight excluding hydrogens is 186 g/mol. The van der Waals surface area contributed by atoms with Crippen LogP contribution in [0.2, 0.25) is 0 Å². The second kappa shape index (κ2) is 11.7. The van der Waals surface area contributed by atoms with Gasteiger partial charge in [0.1, 0.15) is 0 Å². The molecule has 2 heteroatoms. The molecular formula is C13H27NO. The second-order valence-electron chi connectivity index (χ2n) is 4.47. The molecule has 1 atom stereocenters. The maximum atomic E-state index is 9.96. The van der Waals surface area contributed by atoms with Gasteiger partial charge in [-0.25, -0.2) is 0 Å². The van der Waals surface area contributed by atoms with E-state index in [-0.39, 0.29) is 0 Å². The summed E-state index contributed by atoms with van der Waals surface area (Å²) >= 11 is 0. The molecule has 0 fully saturated rings. The molecule has 0 bridgehead atoms. The van der Waals surface area contributed by atoms with E-state index in [2.05, 4.69) is 19.0 Å². The van der Waals surface area contributed by atoms with Gasteiger partial charge in [-0.3, -0.25) is 0 Å². The lowest BCUT2D eigenvalue weighted by atomic mass is 9.93. The minimum absolute atomic E-state index is 0.506. The molecule has 0 heterocycles. The van der Waals surface area contributed by atoms with E-state index in [4.69, 9.17) is 0 Å². The normalized spacial score (nSPS) is 12.7. The molecule has 0 aliphatic rings. The standard InChI is InChI=1S/C13H27NO/c1-3-5-6-7-8-10-13(4-2)11-9-12-14-15/h13H,3-12H2,1-2H3. The molecule has 0 aromatic heterocycles. The topological polar surface area (TPSA) is 29.4 Å². The van der Waals surface area contributed by atoms with Crippen molar-refractivity contribution in [2.75, 3.05) is 6.54 Å². The maximum absolute atomic E-state index is 9.96. The van der Waals surface area contributed by atoms with E-state index in [9.17, 15) is 4.91 Å². The Labute approximate surface area is 94.8 Å². The Balaban J connectivity index is 3.31. The van der Waals surface area contributed by atoms with Crippen molar-refractivity contribution in [3.63, 3.8) is 0 Å². The van der Waals surface area contributed by atoms with Crippen LogP contribution in [0, 0.1) is 10.8 Å². The van der Waals surface area contributed by atoms with Gasteiger partial charge in [0.05, 0.1) is 6.54 Å². The Morgan fingerprint density at radius 3 is 2.20 bits per heavy atom. The molecule has 90 valence electrons. The van der Waals surface area contributed by atoms with Crippen LogP contribution in [0.15, 0.2) is 5.18 Å². The first-order valence-electron chi connectivity index (χ1n) is 6.64. The zero-order valence-corrected chi connectivity index (χ0v) is 10.5. The molecule has 0 saturated carbocycles. The van der Waals surface area contributed by atoms with Gasteiger partial charge in [0.25, 0.3) is 0 Å². The van der Waals surface area contributed by atoms with Crippen LogP contribution in [0.1, 0.15) is 71.6 Å². The second-order valence-corrected chi connectivity index (χ2v) is 4.47. The summed E-state index contributed by atoms with van der Waals surface area (Å²) in [6.45, 7) is 5.01. The highest BCUT2D eigenvalue weighted by Gasteiger charge is 2.05. The van der Waals surface area contributed by atoms with Crippen molar-refractivity contribution >= 4 is 0 Å². The molecule has 0 rings (SSSR count). The van der Waals surface area contributed by atoms with Crippen molar-refractivity contribution in [3.05, 3.63) is 4.91 Å². The van der Waals surface area contributed by atoms with Crippen molar-refractivity contribution in [3.8, 4) is 0 Å². The first-order chi connectivity index (χ1) is 7.35. The SMILES string of the molecule is CCCCCCCC(CC)CCCN=O. The fourth-order valence-electron chi connectivity index (χ4n) is 2.03. The summed E-state index contributed by atoms with van der Waals surface area (Å²) in [5, 5.41) is 2.91. The number of nitrogens with zero attached hydrogens (tertiary/aromatic N) is 1. The summed E-state index contributed by atoms with van der Waals surface area (Å²) in [6, 6.07) is 0. The summed E-state index contributed by atoms with van der Waals surface area (Å²) in [5.74, 6) is 0.827. The number of rotatable bonds is 11. The molecule has 0 amide bonds. The molecule has 15 heavy (non-hydrogen) atoms. The Kier molecular flexibility index (Phi) is 11.4. The van der Waals surface area contributed by atoms with E-state index < -0.39 is 0 Å². The van der Waals surface area contributed by atoms with Gasteiger partial charge in [0.15, 0.2) is 0 Å². The van der Waals surface area contributed by atoms with Crippen molar-refractivity contribution in [2.45, 2.75) is 71.6 Å². The zero-order chi connectivity index (χ0) is 11.4. The monoisotopic (exact) mass is 213 g/mol. The summed E-state index contributed by atoms with van der Waals surface area (Å²) in [7, 11) is 0. The van der Waals surface area contributed by atoms with Gasteiger partial charge in [0, 0.05) is 0 Å². The minimum atomic E-state index is 0.506. The van der Waals surface area contributed by atoms with E-state index in [1.807, 2.05) is 0 Å². The summed E-state index contributed by atoms with van der Waals surface area (Å²) < 4.78 is 0. The number of unbranched alkanes of at least 4 members (excludes halogenated alkanes) is 4. The Bertz CT molecular complexity index is 136. The fourth-order valence-corrected chi connectivity index (χ4v) is 2.03. The lowest BCUT2D eigenvalue weighted by Crippen LogP contribution is -2.00. The fraction of sp³-hybridized carbons (Fsp3) is 1.00. The van der Waals surface area contributed by atoms with Crippen LogP contribution < -0.4 is 0 Å². The Morgan fingerprint density at radius 1 is 0.933 bits per heavy atom. The highest BCUT2D eigenvalue weighted by atomic mass is 16.3. The van der Waals surface area contributed by atoms with Gasteiger partial charge >= 0.3 is 0 Å². The molecule has 0 radical (unpaired) electrons. The quantitative estimate of drug-likeness (QED) is 0.354. The molecule has 0 aliphatic carbocycles. The molecule has 0 N–H and O–H groups in total. The van der Waals surface area contributed by atoms with Crippen LogP contribution in [0.4, 0.5) is 0 Å². The van der Waals surface area contributed by atoms with E-state index in [1.165, 1.54) is 51.4 Å². The third-order valence-electron chi connectivity index (χ3n) is 3.16. The maximum Gasteiger partial charge on any atom is 0.0811 e. The highest BCUT2D eigenvalue weighted by Crippen LogP contribution is 2.19. The third-order valence-corrected chi connectivity index (χ3v) is 3.16. The molecule has 0 spiro atoms. The van der Waals surface area contributed by atoms with E-state index in [1.54, 1.807) is 0 Å². The van der Waals surface area contributed by atoms with Gasteiger partial charge in [-0.15, -0.1) is 0 Å². The summed E-state index contributed by atoms with van der Waals surface area (Å²) in [4.78, 5) is 9.96. The van der Waals surface area contributed by atoms with Gasteiger partial charge in [-0.05, 0) is 18.8 Å². The first-order valence-corrected chi connectivity index (χ1v) is 6.64. The first kappa shape index (κ1) is 14.6. The lowest BCUT2D eigenvalue weighted by Gasteiger charge is -2.13. The van der Waals surface area contributed by atoms with Gasteiger partial charge in [0.2, 0.25) is 0 Å². The number of nitroso groups, excluding NO2 is 1. The van der Waals surface area contributed by atoms with Gasteiger partial charge in [-0.2, -0.15) is 4.91 Å². The molecule has 0 aromatic carbocycles.